The molecule has 1 heterocycles. The van der Waals surface area contributed by atoms with Crippen LogP contribution >= 0.6 is 23.2 Å². The van der Waals surface area contributed by atoms with Crippen molar-refractivity contribution in [1.29, 1.82) is 0 Å². The number of halogens is 5. The maximum atomic E-state index is 12.4. The second-order valence-corrected chi connectivity index (χ2v) is 4.86. The van der Waals surface area contributed by atoms with Crippen LogP contribution in [0.4, 0.5) is 13.2 Å². The Morgan fingerprint density at radius 2 is 1.95 bits per heavy atom. The molecule has 0 aromatic carbocycles. The van der Waals surface area contributed by atoms with Crippen molar-refractivity contribution in [1.82, 2.24) is 9.88 Å². The number of pyridine rings is 1. The maximum absolute atomic E-state index is 12.4. The Morgan fingerprint density at radius 1 is 1.37 bits per heavy atom. The third-order valence-corrected chi connectivity index (χ3v) is 2.78. The molecule has 0 saturated carbocycles. The fraction of sp³-hybridized carbons (Fsp3) is 0.455. The monoisotopic (exact) mass is 314 g/mol. The lowest BCUT2D eigenvalue weighted by molar-refractivity contribution is -0.143. The van der Waals surface area contributed by atoms with E-state index in [4.69, 9.17) is 23.2 Å². The Hall–Kier alpha value is -1.01. The van der Waals surface area contributed by atoms with Gasteiger partial charge in [-0.25, -0.2) is 4.98 Å². The van der Waals surface area contributed by atoms with Crippen LogP contribution in [0.15, 0.2) is 12.1 Å². The van der Waals surface area contributed by atoms with Gasteiger partial charge in [-0.15, -0.1) is 0 Å². The molecule has 0 spiro atoms. The molecule has 0 aliphatic heterocycles. The number of aromatic nitrogens is 1. The van der Waals surface area contributed by atoms with Crippen molar-refractivity contribution in [3.8, 4) is 0 Å². The fourth-order valence-corrected chi connectivity index (χ4v) is 1.83. The summed E-state index contributed by atoms with van der Waals surface area (Å²) >= 11 is 11.3. The molecule has 1 aromatic heterocycles. The number of alkyl halides is 3. The van der Waals surface area contributed by atoms with E-state index in [9.17, 15) is 18.0 Å². The zero-order valence-corrected chi connectivity index (χ0v) is 11.6. The van der Waals surface area contributed by atoms with Crippen molar-refractivity contribution in [2.24, 2.45) is 0 Å². The van der Waals surface area contributed by atoms with Gasteiger partial charge in [0.05, 0.1) is 5.56 Å². The fourth-order valence-electron chi connectivity index (χ4n) is 1.41. The standard InChI is InChI=1S/C11H11Cl2F3N2O/c1-6(2)18(5-11(14,15)16)10(19)7-3-4-8(12)17-9(7)13/h3-4,6H,5H2,1-2H3. The van der Waals surface area contributed by atoms with E-state index in [0.717, 1.165) is 0 Å². The van der Waals surface area contributed by atoms with Gasteiger partial charge in [-0.3, -0.25) is 4.79 Å². The van der Waals surface area contributed by atoms with Gasteiger partial charge >= 0.3 is 6.18 Å². The van der Waals surface area contributed by atoms with Gasteiger partial charge in [-0.05, 0) is 26.0 Å². The topological polar surface area (TPSA) is 33.2 Å². The Balaban J connectivity index is 3.06. The second kappa shape index (κ2) is 5.96. The van der Waals surface area contributed by atoms with Crippen LogP contribution in [-0.4, -0.2) is 34.6 Å². The quantitative estimate of drug-likeness (QED) is 0.795. The molecule has 0 bridgehead atoms. The van der Waals surface area contributed by atoms with Crippen LogP contribution in [0.5, 0.6) is 0 Å². The Labute approximate surface area is 118 Å². The number of rotatable bonds is 3. The van der Waals surface area contributed by atoms with Gasteiger partial charge < -0.3 is 4.90 Å². The average molecular weight is 315 g/mol. The van der Waals surface area contributed by atoms with Gasteiger partial charge in [0.25, 0.3) is 5.91 Å². The van der Waals surface area contributed by atoms with Gasteiger partial charge in [0.1, 0.15) is 16.9 Å². The van der Waals surface area contributed by atoms with Crippen LogP contribution < -0.4 is 0 Å². The second-order valence-electron chi connectivity index (χ2n) is 4.11. The molecule has 0 saturated heterocycles. The third-order valence-electron chi connectivity index (χ3n) is 2.28. The first-order chi connectivity index (χ1) is 8.61. The molecule has 0 fully saturated rings. The molecule has 1 aromatic rings. The van der Waals surface area contributed by atoms with E-state index in [1.807, 2.05) is 0 Å². The van der Waals surface area contributed by atoms with Crippen LogP contribution in [0.2, 0.25) is 10.3 Å². The largest absolute Gasteiger partial charge is 0.406 e. The summed E-state index contributed by atoms with van der Waals surface area (Å²) in [5, 5.41) is -0.154. The summed E-state index contributed by atoms with van der Waals surface area (Å²) in [6, 6.07) is 1.93. The highest BCUT2D eigenvalue weighted by Gasteiger charge is 2.35. The molecule has 0 atom stereocenters. The van der Waals surface area contributed by atoms with Crippen LogP contribution in [0.3, 0.4) is 0 Å². The van der Waals surface area contributed by atoms with Crippen LogP contribution in [0, 0.1) is 0 Å². The minimum atomic E-state index is -4.48. The first-order valence-electron chi connectivity index (χ1n) is 5.31. The van der Waals surface area contributed by atoms with E-state index in [2.05, 4.69) is 4.98 Å². The molecule has 106 valence electrons. The molecule has 0 N–H and O–H groups in total. The molecule has 0 radical (unpaired) electrons. The summed E-state index contributed by atoms with van der Waals surface area (Å²) in [7, 11) is 0. The van der Waals surface area contributed by atoms with Crippen molar-refractivity contribution in [2.45, 2.75) is 26.1 Å². The van der Waals surface area contributed by atoms with Crippen molar-refractivity contribution >= 4 is 29.1 Å². The molecule has 19 heavy (non-hydrogen) atoms. The first-order valence-corrected chi connectivity index (χ1v) is 6.07. The van der Waals surface area contributed by atoms with Gasteiger partial charge in [0.2, 0.25) is 0 Å². The molecular formula is C11H11Cl2F3N2O. The summed E-state index contributed by atoms with van der Waals surface area (Å²) in [5.74, 6) is -0.832. The normalized spacial score (nSPS) is 11.8. The summed E-state index contributed by atoms with van der Waals surface area (Å²) in [5.41, 5.74) is -0.107. The van der Waals surface area contributed by atoms with Gasteiger partial charge in [0, 0.05) is 6.04 Å². The number of carbonyl (C=O) groups excluding carboxylic acids is 1. The number of hydrogen-bond donors (Lipinski definition) is 0. The van der Waals surface area contributed by atoms with Crippen LogP contribution in [0.25, 0.3) is 0 Å². The van der Waals surface area contributed by atoms with E-state index in [-0.39, 0.29) is 15.9 Å². The highest BCUT2D eigenvalue weighted by molar-refractivity contribution is 6.34. The predicted octanol–water partition coefficient (Wildman–Crippen LogP) is 3.80. The van der Waals surface area contributed by atoms with Crippen molar-refractivity contribution in [3.05, 3.63) is 28.0 Å². The summed E-state index contributed by atoms with van der Waals surface area (Å²) in [6.07, 6.45) is -4.48. The van der Waals surface area contributed by atoms with Crippen molar-refractivity contribution in [2.75, 3.05) is 6.54 Å². The molecule has 1 amide bonds. The highest BCUT2D eigenvalue weighted by Crippen LogP contribution is 2.23. The number of hydrogen-bond acceptors (Lipinski definition) is 2. The van der Waals surface area contributed by atoms with E-state index in [0.29, 0.717) is 4.90 Å². The number of carbonyl (C=O) groups is 1. The van der Waals surface area contributed by atoms with Crippen molar-refractivity contribution in [3.63, 3.8) is 0 Å². The highest BCUT2D eigenvalue weighted by atomic mass is 35.5. The zero-order chi connectivity index (χ0) is 14.8. The van der Waals surface area contributed by atoms with E-state index >= 15 is 0 Å². The summed E-state index contributed by atoms with van der Waals surface area (Å²) in [4.78, 5) is 16.4. The first kappa shape index (κ1) is 16.0. The lowest BCUT2D eigenvalue weighted by Crippen LogP contribution is -2.43. The third kappa shape index (κ3) is 4.54. The molecule has 8 heteroatoms. The van der Waals surface area contributed by atoms with Crippen LogP contribution in [0.1, 0.15) is 24.2 Å². The molecule has 0 aliphatic carbocycles. The molecule has 0 aliphatic rings. The van der Waals surface area contributed by atoms with E-state index < -0.39 is 24.7 Å². The SMILES string of the molecule is CC(C)N(CC(F)(F)F)C(=O)c1ccc(Cl)nc1Cl. The Bertz CT molecular complexity index is 477. The van der Waals surface area contributed by atoms with Crippen molar-refractivity contribution < 1.29 is 18.0 Å². The van der Waals surface area contributed by atoms with Gasteiger partial charge in [0.15, 0.2) is 0 Å². The molecule has 1 rings (SSSR count). The number of nitrogens with zero attached hydrogens (tertiary/aromatic N) is 2. The Morgan fingerprint density at radius 3 is 2.37 bits per heavy atom. The van der Waals surface area contributed by atoms with Gasteiger partial charge in [-0.1, -0.05) is 23.2 Å². The zero-order valence-electron chi connectivity index (χ0n) is 10.1. The van der Waals surface area contributed by atoms with E-state index in [1.165, 1.54) is 26.0 Å². The number of amides is 1. The molecular weight excluding hydrogens is 304 g/mol. The summed E-state index contributed by atoms with van der Waals surface area (Å²) in [6.45, 7) is 1.63. The van der Waals surface area contributed by atoms with E-state index in [1.54, 1.807) is 0 Å². The predicted molar refractivity (Wildman–Crippen MR) is 66.5 cm³/mol. The van der Waals surface area contributed by atoms with Crippen LogP contribution in [-0.2, 0) is 0 Å². The summed E-state index contributed by atoms with van der Waals surface area (Å²) < 4.78 is 37.3. The lowest BCUT2D eigenvalue weighted by atomic mass is 10.2. The maximum Gasteiger partial charge on any atom is 0.406 e. The average Bonchev–Trinajstić information content (AvgIpc) is 2.23. The smallest absolute Gasteiger partial charge is 0.327 e. The Kier molecular flexibility index (Phi) is 5.04. The minimum Gasteiger partial charge on any atom is -0.327 e. The molecule has 0 unspecified atom stereocenters. The lowest BCUT2D eigenvalue weighted by Gasteiger charge is -2.27. The molecule has 3 nitrogen and oxygen atoms in total. The van der Waals surface area contributed by atoms with Gasteiger partial charge in [-0.2, -0.15) is 13.2 Å². The minimum absolute atomic E-state index is 0.0634.